The van der Waals surface area contributed by atoms with E-state index in [-0.39, 0.29) is 12.0 Å². The molecule has 1 aliphatic carbocycles. The van der Waals surface area contributed by atoms with Gasteiger partial charge in [0, 0.05) is 29.0 Å². The average Bonchev–Trinajstić information content (AvgIpc) is 3.24. The van der Waals surface area contributed by atoms with Crippen molar-refractivity contribution < 1.29 is 9.53 Å². The smallest absolute Gasteiger partial charge is 0.276 e. The number of aromatic nitrogens is 2. The number of amides is 1. The average molecular weight is 392 g/mol. The van der Waals surface area contributed by atoms with Crippen molar-refractivity contribution in [3.8, 4) is 5.75 Å². The SMILES string of the molecule is Cc1cnc(NC(=O)c2cc(OC3CCCC3)cc(SCC(C)C)n2)s1. The molecule has 0 bridgehead atoms. The Balaban J connectivity index is 1.78. The first-order chi connectivity index (χ1) is 12.5. The highest BCUT2D eigenvalue weighted by Crippen LogP contribution is 2.29. The molecule has 2 aromatic heterocycles. The van der Waals surface area contributed by atoms with E-state index in [1.807, 2.05) is 13.0 Å². The van der Waals surface area contributed by atoms with Gasteiger partial charge < -0.3 is 4.74 Å². The van der Waals surface area contributed by atoms with Gasteiger partial charge in [0.2, 0.25) is 0 Å². The number of carbonyl (C=O) groups is 1. The van der Waals surface area contributed by atoms with Crippen LogP contribution in [-0.2, 0) is 0 Å². The predicted octanol–water partition coefficient (Wildman–Crippen LogP) is 5.17. The van der Waals surface area contributed by atoms with Gasteiger partial charge in [0.1, 0.15) is 16.5 Å². The monoisotopic (exact) mass is 391 g/mol. The summed E-state index contributed by atoms with van der Waals surface area (Å²) in [6.45, 7) is 6.30. The van der Waals surface area contributed by atoms with Crippen molar-refractivity contribution in [2.45, 2.75) is 57.6 Å². The molecule has 2 aromatic rings. The lowest BCUT2D eigenvalue weighted by molar-refractivity contribution is 0.102. The van der Waals surface area contributed by atoms with Crippen LogP contribution < -0.4 is 10.1 Å². The molecule has 0 aromatic carbocycles. The largest absolute Gasteiger partial charge is 0.490 e. The molecule has 5 nitrogen and oxygen atoms in total. The summed E-state index contributed by atoms with van der Waals surface area (Å²) in [5.41, 5.74) is 0.375. The maximum Gasteiger partial charge on any atom is 0.276 e. The third-order valence-corrected chi connectivity index (χ3v) is 6.19. The van der Waals surface area contributed by atoms with Gasteiger partial charge in [0.25, 0.3) is 5.91 Å². The van der Waals surface area contributed by atoms with Crippen molar-refractivity contribution in [3.63, 3.8) is 0 Å². The number of hydrogen-bond acceptors (Lipinski definition) is 6. The molecule has 7 heteroatoms. The number of ether oxygens (including phenoxy) is 1. The van der Waals surface area contributed by atoms with Gasteiger partial charge in [-0.05, 0) is 38.5 Å². The van der Waals surface area contributed by atoms with Gasteiger partial charge in [0.15, 0.2) is 5.13 Å². The first kappa shape index (κ1) is 19.2. The normalized spacial score (nSPS) is 14.8. The van der Waals surface area contributed by atoms with Crippen molar-refractivity contribution in [2.24, 2.45) is 5.92 Å². The molecule has 140 valence electrons. The van der Waals surface area contributed by atoms with Crippen LogP contribution in [0.25, 0.3) is 0 Å². The number of hydrogen-bond donors (Lipinski definition) is 1. The Morgan fingerprint density at radius 1 is 1.38 bits per heavy atom. The fourth-order valence-electron chi connectivity index (χ4n) is 2.76. The first-order valence-electron chi connectivity index (χ1n) is 9.05. The highest BCUT2D eigenvalue weighted by molar-refractivity contribution is 7.99. The van der Waals surface area contributed by atoms with E-state index in [4.69, 9.17) is 4.74 Å². The maximum atomic E-state index is 12.6. The Labute approximate surface area is 163 Å². The van der Waals surface area contributed by atoms with Gasteiger partial charge >= 0.3 is 0 Å². The number of carbonyl (C=O) groups excluding carboxylic acids is 1. The summed E-state index contributed by atoms with van der Waals surface area (Å²) < 4.78 is 6.12. The molecule has 1 aliphatic rings. The number of nitrogens with one attached hydrogen (secondary N) is 1. The van der Waals surface area contributed by atoms with Gasteiger partial charge in [-0.15, -0.1) is 23.1 Å². The molecule has 1 amide bonds. The second-order valence-corrected chi connectivity index (χ2v) is 9.26. The summed E-state index contributed by atoms with van der Waals surface area (Å²) in [5.74, 6) is 1.99. The Hall–Kier alpha value is -1.60. The quantitative estimate of drug-likeness (QED) is 0.660. The van der Waals surface area contributed by atoms with Crippen molar-refractivity contribution in [2.75, 3.05) is 11.1 Å². The summed E-state index contributed by atoms with van der Waals surface area (Å²) in [6.07, 6.45) is 6.57. The zero-order chi connectivity index (χ0) is 18.5. The van der Waals surface area contributed by atoms with Gasteiger partial charge in [-0.2, -0.15) is 0 Å². The Morgan fingerprint density at radius 2 is 2.15 bits per heavy atom. The van der Waals surface area contributed by atoms with E-state index in [2.05, 4.69) is 29.1 Å². The minimum absolute atomic E-state index is 0.248. The number of thiazole rings is 1. The number of aryl methyl sites for hydroxylation is 1. The molecule has 0 spiro atoms. The van der Waals surface area contributed by atoms with E-state index in [1.54, 1.807) is 24.0 Å². The van der Waals surface area contributed by atoms with Crippen molar-refractivity contribution in [1.29, 1.82) is 0 Å². The Morgan fingerprint density at radius 3 is 2.81 bits per heavy atom. The van der Waals surface area contributed by atoms with Crippen LogP contribution in [0.3, 0.4) is 0 Å². The first-order valence-corrected chi connectivity index (χ1v) is 10.8. The minimum Gasteiger partial charge on any atom is -0.490 e. The van der Waals surface area contributed by atoms with Crippen LogP contribution in [0.15, 0.2) is 23.4 Å². The van der Waals surface area contributed by atoms with Gasteiger partial charge in [-0.3, -0.25) is 10.1 Å². The number of pyridine rings is 1. The molecule has 2 heterocycles. The molecule has 1 saturated carbocycles. The van der Waals surface area contributed by atoms with E-state index in [0.29, 0.717) is 16.7 Å². The van der Waals surface area contributed by atoms with Gasteiger partial charge in [-0.25, -0.2) is 9.97 Å². The summed E-state index contributed by atoms with van der Waals surface area (Å²) in [7, 11) is 0. The van der Waals surface area contributed by atoms with Crippen LogP contribution in [0.2, 0.25) is 0 Å². The molecule has 0 aliphatic heterocycles. The lowest BCUT2D eigenvalue weighted by Crippen LogP contribution is -2.16. The second kappa shape index (κ2) is 8.86. The van der Waals surface area contributed by atoms with Crippen molar-refractivity contribution in [3.05, 3.63) is 28.9 Å². The van der Waals surface area contributed by atoms with Crippen LogP contribution in [0.5, 0.6) is 5.75 Å². The molecule has 3 rings (SSSR count). The maximum absolute atomic E-state index is 12.6. The van der Waals surface area contributed by atoms with E-state index in [1.165, 1.54) is 24.2 Å². The zero-order valence-electron chi connectivity index (χ0n) is 15.4. The molecule has 26 heavy (non-hydrogen) atoms. The minimum atomic E-state index is -0.248. The molecular formula is C19H25N3O2S2. The molecule has 1 fully saturated rings. The number of anilines is 1. The fraction of sp³-hybridized carbons (Fsp3) is 0.526. The van der Waals surface area contributed by atoms with E-state index < -0.39 is 0 Å². The zero-order valence-corrected chi connectivity index (χ0v) is 17.1. The van der Waals surface area contributed by atoms with Crippen molar-refractivity contribution >= 4 is 34.1 Å². The topological polar surface area (TPSA) is 64.1 Å². The van der Waals surface area contributed by atoms with Crippen LogP contribution in [0.4, 0.5) is 5.13 Å². The fourth-order valence-corrected chi connectivity index (χ4v) is 4.29. The summed E-state index contributed by atoms with van der Waals surface area (Å²) in [4.78, 5) is 22.4. The van der Waals surface area contributed by atoms with Crippen LogP contribution in [0, 0.1) is 12.8 Å². The Bertz CT molecular complexity index is 755. The molecule has 0 saturated heterocycles. The second-order valence-electron chi connectivity index (χ2n) is 6.99. The molecule has 1 N–H and O–H groups in total. The van der Waals surface area contributed by atoms with Crippen LogP contribution in [-0.4, -0.2) is 27.7 Å². The van der Waals surface area contributed by atoms with E-state index >= 15 is 0 Å². The predicted molar refractivity (Wildman–Crippen MR) is 107 cm³/mol. The van der Waals surface area contributed by atoms with Gasteiger partial charge in [0.05, 0.1) is 6.10 Å². The Kier molecular flexibility index (Phi) is 6.53. The number of nitrogens with zero attached hydrogens (tertiary/aromatic N) is 2. The standard InChI is InChI=1S/C19H25N3O2S2/c1-12(2)11-25-17-9-15(24-14-6-4-5-7-14)8-16(21-17)18(23)22-19-20-10-13(3)26-19/h8-10,12,14H,4-7,11H2,1-3H3,(H,20,22,23). The highest BCUT2D eigenvalue weighted by Gasteiger charge is 2.19. The van der Waals surface area contributed by atoms with E-state index in [9.17, 15) is 4.79 Å². The summed E-state index contributed by atoms with van der Waals surface area (Å²) in [5, 5.41) is 4.25. The third kappa shape index (κ3) is 5.45. The molecule has 0 atom stereocenters. The summed E-state index contributed by atoms with van der Waals surface area (Å²) >= 11 is 3.11. The number of thioether (sulfide) groups is 1. The van der Waals surface area contributed by atoms with Crippen LogP contribution >= 0.6 is 23.1 Å². The lowest BCUT2D eigenvalue weighted by Gasteiger charge is -2.15. The lowest BCUT2D eigenvalue weighted by atomic mass is 10.3. The van der Waals surface area contributed by atoms with Crippen LogP contribution in [0.1, 0.15) is 54.9 Å². The third-order valence-electron chi connectivity index (χ3n) is 4.02. The van der Waals surface area contributed by atoms with Gasteiger partial charge in [-0.1, -0.05) is 13.8 Å². The number of rotatable bonds is 7. The molecule has 0 radical (unpaired) electrons. The molecular weight excluding hydrogens is 366 g/mol. The highest BCUT2D eigenvalue weighted by atomic mass is 32.2. The van der Waals surface area contributed by atoms with E-state index in [0.717, 1.165) is 34.2 Å². The van der Waals surface area contributed by atoms with Crippen molar-refractivity contribution in [1.82, 2.24) is 9.97 Å². The summed E-state index contributed by atoms with van der Waals surface area (Å²) in [6, 6.07) is 3.70. The molecule has 0 unspecified atom stereocenters.